The Balaban J connectivity index is 1.47. The van der Waals surface area contributed by atoms with Gasteiger partial charge in [0.15, 0.2) is 0 Å². The number of halogens is 1. The van der Waals surface area contributed by atoms with Crippen molar-refractivity contribution < 1.29 is 9.13 Å². The van der Waals surface area contributed by atoms with E-state index in [0.717, 1.165) is 43.1 Å². The van der Waals surface area contributed by atoms with Crippen molar-refractivity contribution in [3.05, 3.63) is 71.2 Å². The van der Waals surface area contributed by atoms with Gasteiger partial charge in [0.2, 0.25) is 0 Å². The number of rotatable bonds is 4. The van der Waals surface area contributed by atoms with Crippen molar-refractivity contribution in [3.8, 4) is 17.0 Å². The highest BCUT2D eigenvalue weighted by Gasteiger charge is 2.23. The molecule has 6 heteroatoms. The molecule has 0 atom stereocenters. The lowest BCUT2D eigenvalue weighted by Gasteiger charge is -2.29. The molecule has 3 heterocycles. The van der Waals surface area contributed by atoms with Gasteiger partial charge in [-0.3, -0.25) is 9.88 Å². The van der Waals surface area contributed by atoms with Gasteiger partial charge >= 0.3 is 0 Å². The van der Waals surface area contributed by atoms with Gasteiger partial charge in [0.05, 0.1) is 12.8 Å². The van der Waals surface area contributed by atoms with E-state index in [2.05, 4.69) is 35.6 Å². The lowest BCUT2D eigenvalue weighted by molar-refractivity contribution is 0.242. The summed E-state index contributed by atoms with van der Waals surface area (Å²) in [4.78, 5) is 16.3. The fourth-order valence-corrected chi connectivity index (χ4v) is 3.69. The molecular weight excluding hydrogens is 379 g/mol. The fraction of sp³-hybridized carbons (Fsp3) is 0.375. The molecule has 0 saturated heterocycles. The summed E-state index contributed by atoms with van der Waals surface area (Å²) in [5.74, 6) is 1.21. The zero-order valence-electron chi connectivity index (χ0n) is 17.9. The maximum Gasteiger partial charge on any atom is 0.133 e. The van der Waals surface area contributed by atoms with Gasteiger partial charge in [-0.05, 0) is 29.8 Å². The standard InChI is InChI=1S/C24H27FN4O/c1-24(2,3)23-27-13-17-15-29(10-9-20(17)28-23)14-16-5-7-21(26-12-16)19-11-18(25)6-8-22(19)30-4/h5-8,11-13H,9-10,14-15H2,1-4H3. The Morgan fingerprint density at radius 2 is 1.93 bits per heavy atom. The highest BCUT2D eigenvalue weighted by atomic mass is 19.1. The molecule has 1 aromatic carbocycles. The molecular formula is C24H27FN4O. The average molecular weight is 407 g/mol. The lowest BCUT2D eigenvalue weighted by Crippen LogP contribution is -2.32. The van der Waals surface area contributed by atoms with E-state index in [9.17, 15) is 4.39 Å². The van der Waals surface area contributed by atoms with Gasteiger partial charge in [0, 0.05) is 60.7 Å². The molecule has 1 aliphatic rings. The number of hydrogen-bond donors (Lipinski definition) is 0. The van der Waals surface area contributed by atoms with Crippen LogP contribution in [0.3, 0.4) is 0 Å². The third-order valence-electron chi connectivity index (χ3n) is 5.35. The second kappa shape index (κ2) is 8.11. The van der Waals surface area contributed by atoms with Crippen molar-refractivity contribution >= 4 is 0 Å². The Morgan fingerprint density at radius 3 is 2.63 bits per heavy atom. The summed E-state index contributed by atoms with van der Waals surface area (Å²) in [6.45, 7) is 9.00. The molecule has 0 N–H and O–H groups in total. The molecule has 0 bridgehead atoms. The number of nitrogens with zero attached hydrogens (tertiary/aromatic N) is 4. The average Bonchev–Trinajstić information content (AvgIpc) is 2.73. The molecule has 3 aromatic rings. The molecule has 0 saturated carbocycles. The predicted octanol–water partition coefficient (Wildman–Crippen LogP) is 4.54. The predicted molar refractivity (Wildman–Crippen MR) is 115 cm³/mol. The maximum absolute atomic E-state index is 13.7. The number of aromatic nitrogens is 3. The largest absolute Gasteiger partial charge is 0.496 e. The van der Waals surface area contributed by atoms with E-state index >= 15 is 0 Å². The summed E-state index contributed by atoms with van der Waals surface area (Å²) in [5, 5.41) is 0. The van der Waals surface area contributed by atoms with Crippen LogP contribution in [-0.2, 0) is 24.9 Å². The van der Waals surface area contributed by atoms with Gasteiger partial charge in [0.25, 0.3) is 0 Å². The van der Waals surface area contributed by atoms with Crippen molar-refractivity contribution in [2.45, 2.75) is 45.7 Å². The molecule has 2 aromatic heterocycles. The van der Waals surface area contributed by atoms with Crippen molar-refractivity contribution in [1.29, 1.82) is 0 Å². The second-order valence-corrected chi connectivity index (χ2v) is 8.77. The third kappa shape index (κ3) is 4.33. The topological polar surface area (TPSA) is 51.1 Å². The molecule has 0 radical (unpaired) electrons. The van der Waals surface area contributed by atoms with E-state index < -0.39 is 0 Å². The molecule has 30 heavy (non-hydrogen) atoms. The monoisotopic (exact) mass is 406 g/mol. The van der Waals surface area contributed by atoms with Gasteiger partial charge in [-0.25, -0.2) is 14.4 Å². The highest BCUT2D eigenvalue weighted by Crippen LogP contribution is 2.29. The van der Waals surface area contributed by atoms with Crippen LogP contribution < -0.4 is 4.74 Å². The smallest absolute Gasteiger partial charge is 0.133 e. The molecule has 0 fully saturated rings. The van der Waals surface area contributed by atoms with Crippen LogP contribution in [0.25, 0.3) is 11.3 Å². The molecule has 1 aliphatic heterocycles. The van der Waals surface area contributed by atoms with E-state index in [0.29, 0.717) is 17.0 Å². The normalized spacial score (nSPS) is 14.4. The van der Waals surface area contributed by atoms with E-state index in [1.165, 1.54) is 17.7 Å². The van der Waals surface area contributed by atoms with Crippen LogP contribution in [0.1, 0.15) is 43.4 Å². The Morgan fingerprint density at radius 1 is 1.10 bits per heavy atom. The number of pyridine rings is 1. The lowest BCUT2D eigenvalue weighted by atomic mass is 9.95. The van der Waals surface area contributed by atoms with Crippen LogP contribution in [0.4, 0.5) is 4.39 Å². The van der Waals surface area contributed by atoms with Crippen LogP contribution in [-0.4, -0.2) is 33.5 Å². The van der Waals surface area contributed by atoms with Gasteiger partial charge < -0.3 is 4.74 Å². The fourth-order valence-electron chi connectivity index (χ4n) is 3.69. The Hall–Kier alpha value is -2.86. The first-order valence-electron chi connectivity index (χ1n) is 10.2. The zero-order chi connectivity index (χ0) is 21.3. The first-order valence-corrected chi connectivity index (χ1v) is 10.2. The number of hydrogen-bond acceptors (Lipinski definition) is 5. The van der Waals surface area contributed by atoms with Crippen LogP contribution in [0.2, 0.25) is 0 Å². The summed E-state index contributed by atoms with van der Waals surface area (Å²) in [7, 11) is 1.58. The minimum Gasteiger partial charge on any atom is -0.496 e. The van der Waals surface area contributed by atoms with Crippen LogP contribution in [0, 0.1) is 5.82 Å². The minimum atomic E-state index is -0.305. The summed E-state index contributed by atoms with van der Waals surface area (Å²) in [5.41, 5.74) is 4.79. The summed E-state index contributed by atoms with van der Waals surface area (Å²) in [6.07, 6.45) is 4.76. The van der Waals surface area contributed by atoms with Crippen molar-refractivity contribution in [2.75, 3.05) is 13.7 Å². The first kappa shape index (κ1) is 20.4. The summed E-state index contributed by atoms with van der Waals surface area (Å²) >= 11 is 0. The van der Waals surface area contributed by atoms with Crippen LogP contribution in [0.15, 0.2) is 42.7 Å². The maximum atomic E-state index is 13.7. The molecule has 4 rings (SSSR count). The second-order valence-electron chi connectivity index (χ2n) is 8.77. The van der Waals surface area contributed by atoms with E-state index in [1.807, 2.05) is 24.5 Å². The molecule has 156 valence electrons. The van der Waals surface area contributed by atoms with Gasteiger partial charge in [0.1, 0.15) is 17.4 Å². The van der Waals surface area contributed by atoms with E-state index in [4.69, 9.17) is 9.72 Å². The van der Waals surface area contributed by atoms with Gasteiger partial charge in [-0.2, -0.15) is 0 Å². The zero-order valence-corrected chi connectivity index (χ0v) is 17.9. The quantitative estimate of drug-likeness (QED) is 0.637. The van der Waals surface area contributed by atoms with Crippen molar-refractivity contribution in [1.82, 2.24) is 19.9 Å². The number of ether oxygens (including phenoxy) is 1. The first-order chi connectivity index (χ1) is 14.3. The van der Waals surface area contributed by atoms with Crippen LogP contribution in [0.5, 0.6) is 5.75 Å². The number of benzene rings is 1. The van der Waals surface area contributed by atoms with Crippen molar-refractivity contribution in [2.24, 2.45) is 0 Å². The number of fused-ring (bicyclic) bond motifs is 1. The molecule has 0 unspecified atom stereocenters. The Labute approximate surface area is 177 Å². The van der Waals surface area contributed by atoms with Crippen molar-refractivity contribution in [3.63, 3.8) is 0 Å². The minimum absolute atomic E-state index is 0.0378. The third-order valence-corrected chi connectivity index (χ3v) is 5.35. The molecule has 0 spiro atoms. The molecule has 0 amide bonds. The Kier molecular flexibility index (Phi) is 5.52. The summed E-state index contributed by atoms with van der Waals surface area (Å²) in [6, 6.07) is 8.43. The molecule has 0 aliphatic carbocycles. The SMILES string of the molecule is COc1ccc(F)cc1-c1ccc(CN2CCc3nc(C(C)(C)C)ncc3C2)cn1. The summed E-state index contributed by atoms with van der Waals surface area (Å²) < 4.78 is 19.0. The van der Waals surface area contributed by atoms with Gasteiger partial charge in [-0.1, -0.05) is 26.8 Å². The number of methoxy groups -OCH3 is 1. The van der Waals surface area contributed by atoms with Gasteiger partial charge in [-0.15, -0.1) is 0 Å². The Bertz CT molecular complexity index is 1040. The van der Waals surface area contributed by atoms with Crippen LogP contribution >= 0.6 is 0 Å². The molecule has 5 nitrogen and oxygen atoms in total. The van der Waals surface area contributed by atoms with E-state index in [-0.39, 0.29) is 11.2 Å². The highest BCUT2D eigenvalue weighted by molar-refractivity contribution is 5.67. The van der Waals surface area contributed by atoms with E-state index in [1.54, 1.807) is 13.2 Å².